The largest absolute Gasteiger partial charge is 0.393 e. The van der Waals surface area contributed by atoms with Gasteiger partial charge in [0, 0.05) is 6.42 Å². The first-order chi connectivity index (χ1) is 7.76. The van der Waals surface area contributed by atoms with E-state index >= 15 is 0 Å². The number of ether oxygens (including phenoxy) is 4. The van der Waals surface area contributed by atoms with E-state index in [4.69, 9.17) is 18.9 Å². The van der Waals surface area contributed by atoms with Crippen LogP contribution in [0.4, 0.5) is 0 Å². The van der Waals surface area contributed by atoms with Gasteiger partial charge in [-0.25, -0.2) is 0 Å². The van der Waals surface area contributed by atoms with Crippen LogP contribution in [0.1, 0.15) is 34.1 Å². The maximum absolute atomic E-state index is 9.54. The molecule has 2 aliphatic heterocycles. The molecule has 17 heavy (non-hydrogen) atoms. The molecule has 0 saturated carbocycles. The summed E-state index contributed by atoms with van der Waals surface area (Å²) >= 11 is 0. The van der Waals surface area contributed by atoms with E-state index in [-0.39, 0.29) is 12.7 Å². The summed E-state index contributed by atoms with van der Waals surface area (Å²) in [4.78, 5) is 0. The van der Waals surface area contributed by atoms with Crippen molar-refractivity contribution in [1.82, 2.24) is 0 Å². The van der Waals surface area contributed by atoms with Gasteiger partial charge in [-0.3, -0.25) is 0 Å². The Morgan fingerprint density at radius 2 is 1.82 bits per heavy atom. The molecule has 0 aromatic heterocycles. The Hall–Kier alpha value is -0.200. The van der Waals surface area contributed by atoms with Crippen molar-refractivity contribution >= 4 is 0 Å². The van der Waals surface area contributed by atoms with E-state index in [9.17, 15) is 5.11 Å². The topological polar surface area (TPSA) is 57.2 Å². The third kappa shape index (κ3) is 2.98. The Morgan fingerprint density at radius 3 is 2.24 bits per heavy atom. The van der Waals surface area contributed by atoms with Gasteiger partial charge in [0.1, 0.15) is 5.60 Å². The molecule has 2 fully saturated rings. The van der Waals surface area contributed by atoms with Crippen molar-refractivity contribution in [3.8, 4) is 0 Å². The highest BCUT2D eigenvalue weighted by Gasteiger charge is 2.48. The molecule has 0 aromatic rings. The lowest BCUT2D eigenvalue weighted by atomic mass is 9.98. The van der Waals surface area contributed by atoms with Crippen molar-refractivity contribution in [3.63, 3.8) is 0 Å². The molecule has 2 atom stereocenters. The highest BCUT2D eigenvalue weighted by molar-refractivity contribution is 4.91. The normalized spacial score (nSPS) is 39.7. The number of aliphatic hydroxyl groups excluding tert-OH is 1. The lowest BCUT2D eigenvalue weighted by molar-refractivity contribution is -0.182. The molecule has 0 spiro atoms. The first kappa shape index (κ1) is 13.2. The highest BCUT2D eigenvalue weighted by atomic mass is 16.8. The van der Waals surface area contributed by atoms with Crippen molar-refractivity contribution in [2.24, 2.45) is 0 Å². The number of rotatable bonds is 3. The van der Waals surface area contributed by atoms with E-state index in [1.165, 1.54) is 0 Å². The fourth-order valence-electron chi connectivity index (χ4n) is 2.41. The predicted molar refractivity (Wildman–Crippen MR) is 60.5 cm³/mol. The molecule has 2 saturated heterocycles. The van der Waals surface area contributed by atoms with Crippen LogP contribution in [0.2, 0.25) is 0 Å². The molecule has 0 bridgehead atoms. The average molecular weight is 246 g/mol. The van der Waals surface area contributed by atoms with Crippen LogP contribution in [0.25, 0.3) is 0 Å². The second-order valence-corrected chi connectivity index (χ2v) is 5.79. The smallest absolute Gasteiger partial charge is 0.163 e. The molecule has 0 radical (unpaired) electrons. The molecular weight excluding hydrogens is 224 g/mol. The molecule has 0 unspecified atom stereocenters. The zero-order valence-electron chi connectivity index (χ0n) is 11.0. The predicted octanol–water partition coefficient (Wildman–Crippen LogP) is 1.04. The van der Waals surface area contributed by atoms with E-state index in [0.717, 1.165) is 0 Å². The van der Waals surface area contributed by atoms with Crippen LogP contribution in [0.3, 0.4) is 0 Å². The first-order valence-electron chi connectivity index (χ1n) is 6.03. The maximum Gasteiger partial charge on any atom is 0.163 e. The van der Waals surface area contributed by atoms with Crippen molar-refractivity contribution in [3.05, 3.63) is 0 Å². The SMILES string of the molecule is CC1(C)OC[C@H](C[C@@]2(CO)COC(C)(C)O2)O1. The van der Waals surface area contributed by atoms with E-state index in [2.05, 4.69) is 0 Å². The lowest BCUT2D eigenvalue weighted by Gasteiger charge is -2.29. The van der Waals surface area contributed by atoms with Crippen LogP contribution in [0.5, 0.6) is 0 Å². The zero-order valence-corrected chi connectivity index (χ0v) is 11.0. The van der Waals surface area contributed by atoms with Crippen molar-refractivity contribution in [1.29, 1.82) is 0 Å². The highest BCUT2D eigenvalue weighted by Crippen LogP contribution is 2.36. The van der Waals surface area contributed by atoms with Gasteiger partial charge in [0.2, 0.25) is 0 Å². The van der Waals surface area contributed by atoms with Crippen molar-refractivity contribution in [2.75, 3.05) is 19.8 Å². The van der Waals surface area contributed by atoms with Gasteiger partial charge in [0.25, 0.3) is 0 Å². The zero-order chi connectivity index (χ0) is 12.7. The Kier molecular flexibility index (Phi) is 3.25. The summed E-state index contributed by atoms with van der Waals surface area (Å²) in [5.41, 5.74) is -0.669. The molecule has 0 amide bonds. The molecule has 0 aromatic carbocycles. The third-order valence-electron chi connectivity index (χ3n) is 3.10. The molecule has 100 valence electrons. The summed E-state index contributed by atoms with van der Waals surface area (Å²) in [7, 11) is 0. The molecule has 5 heteroatoms. The standard InChI is InChI=1S/C12H22O5/c1-10(2)14-6-9(16-10)5-12(7-13)8-15-11(3,4)17-12/h9,13H,5-8H2,1-4H3/t9-,12+/m0/s1. The first-order valence-corrected chi connectivity index (χ1v) is 6.03. The average Bonchev–Trinajstić information content (AvgIpc) is 2.68. The monoisotopic (exact) mass is 246 g/mol. The quantitative estimate of drug-likeness (QED) is 0.806. The Morgan fingerprint density at radius 1 is 1.12 bits per heavy atom. The van der Waals surface area contributed by atoms with Crippen LogP contribution in [-0.2, 0) is 18.9 Å². The summed E-state index contributed by atoms with van der Waals surface area (Å²) in [6, 6.07) is 0. The van der Waals surface area contributed by atoms with E-state index in [1.807, 2.05) is 27.7 Å². The number of aliphatic hydroxyl groups is 1. The van der Waals surface area contributed by atoms with Crippen LogP contribution in [0.15, 0.2) is 0 Å². The molecule has 1 N–H and O–H groups in total. The van der Waals surface area contributed by atoms with Gasteiger partial charge in [-0.05, 0) is 27.7 Å². The number of hydrogen-bond donors (Lipinski definition) is 1. The minimum atomic E-state index is -0.669. The molecular formula is C12H22O5. The van der Waals surface area contributed by atoms with E-state index in [1.54, 1.807) is 0 Å². The minimum absolute atomic E-state index is 0.0605. The summed E-state index contributed by atoms with van der Waals surface area (Å²) in [5.74, 6) is -1.19. The molecule has 2 rings (SSSR count). The van der Waals surface area contributed by atoms with Gasteiger partial charge < -0.3 is 24.1 Å². The van der Waals surface area contributed by atoms with Gasteiger partial charge in [-0.2, -0.15) is 0 Å². The second kappa shape index (κ2) is 4.17. The summed E-state index contributed by atoms with van der Waals surface area (Å²) in [6.45, 7) is 8.30. The van der Waals surface area contributed by atoms with Crippen molar-refractivity contribution < 1.29 is 24.1 Å². The molecule has 2 heterocycles. The van der Waals surface area contributed by atoms with Crippen LogP contribution >= 0.6 is 0 Å². The summed E-state index contributed by atoms with van der Waals surface area (Å²) < 4.78 is 22.6. The van der Waals surface area contributed by atoms with E-state index in [0.29, 0.717) is 19.6 Å². The van der Waals surface area contributed by atoms with Crippen molar-refractivity contribution in [2.45, 2.75) is 57.4 Å². The van der Waals surface area contributed by atoms with Gasteiger partial charge in [0.15, 0.2) is 11.6 Å². The second-order valence-electron chi connectivity index (χ2n) is 5.79. The molecule has 5 nitrogen and oxygen atoms in total. The van der Waals surface area contributed by atoms with Gasteiger partial charge in [0.05, 0.1) is 25.9 Å². The van der Waals surface area contributed by atoms with Crippen LogP contribution in [-0.4, -0.2) is 48.2 Å². The van der Waals surface area contributed by atoms with Gasteiger partial charge in [-0.1, -0.05) is 0 Å². The van der Waals surface area contributed by atoms with E-state index < -0.39 is 17.2 Å². The van der Waals surface area contributed by atoms with Crippen LogP contribution in [0, 0.1) is 0 Å². The lowest BCUT2D eigenvalue weighted by Crippen LogP contribution is -2.42. The summed E-state index contributed by atoms with van der Waals surface area (Å²) in [5, 5.41) is 9.54. The Balaban J connectivity index is 1.97. The number of hydrogen-bond acceptors (Lipinski definition) is 5. The van der Waals surface area contributed by atoms with Gasteiger partial charge in [-0.15, -0.1) is 0 Å². The molecule has 0 aliphatic carbocycles. The fourth-order valence-corrected chi connectivity index (χ4v) is 2.41. The van der Waals surface area contributed by atoms with Gasteiger partial charge >= 0.3 is 0 Å². The van der Waals surface area contributed by atoms with Crippen LogP contribution < -0.4 is 0 Å². The third-order valence-corrected chi connectivity index (χ3v) is 3.10. The molecule has 2 aliphatic rings. The summed E-state index contributed by atoms with van der Waals surface area (Å²) in [6.07, 6.45) is 0.519. The Labute approximate surface area is 102 Å². The minimum Gasteiger partial charge on any atom is -0.393 e. The maximum atomic E-state index is 9.54. The fraction of sp³-hybridized carbons (Fsp3) is 1.00. The Bertz CT molecular complexity index is 289.